The zero-order valence-electron chi connectivity index (χ0n) is 10.5. The van der Waals surface area contributed by atoms with Crippen LogP contribution in [0, 0.1) is 6.92 Å². The SMILES string of the molecule is COCC(C)NCc1ccc(C)cc1SC. The largest absolute Gasteiger partial charge is 0.383 e. The van der Waals surface area contributed by atoms with Crippen LogP contribution >= 0.6 is 11.8 Å². The number of benzene rings is 1. The van der Waals surface area contributed by atoms with Crippen LogP contribution in [0.5, 0.6) is 0 Å². The van der Waals surface area contributed by atoms with Gasteiger partial charge >= 0.3 is 0 Å². The van der Waals surface area contributed by atoms with Crippen LogP contribution in [-0.4, -0.2) is 26.0 Å². The van der Waals surface area contributed by atoms with Crippen LogP contribution < -0.4 is 5.32 Å². The van der Waals surface area contributed by atoms with Gasteiger partial charge in [0, 0.05) is 24.6 Å². The Balaban J connectivity index is 2.59. The van der Waals surface area contributed by atoms with E-state index >= 15 is 0 Å². The highest BCUT2D eigenvalue weighted by atomic mass is 32.2. The lowest BCUT2D eigenvalue weighted by Gasteiger charge is -2.14. The molecule has 3 heteroatoms. The van der Waals surface area contributed by atoms with Crippen molar-refractivity contribution in [2.45, 2.75) is 31.3 Å². The van der Waals surface area contributed by atoms with Gasteiger partial charge in [0.1, 0.15) is 0 Å². The molecule has 0 fully saturated rings. The highest BCUT2D eigenvalue weighted by molar-refractivity contribution is 7.98. The van der Waals surface area contributed by atoms with Gasteiger partial charge in [0.05, 0.1) is 6.61 Å². The Morgan fingerprint density at radius 3 is 2.81 bits per heavy atom. The zero-order valence-corrected chi connectivity index (χ0v) is 11.4. The summed E-state index contributed by atoms with van der Waals surface area (Å²) in [6.07, 6.45) is 2.12. The van der Waals surface area contributed by atoms with E-state index in [4.69, 9.17) is 4.74 Å². The van der Waals surface area contributed by atoms with E-state index in [-0.39, 0.29) is 0 Å². The molecular formula is C13H21NOS. The quantitative estimate of drug-likeness (QED) is 0.771. The number of aryl methyl sites for hydroxylation is 1. The summed E-state index contributed by atoms with van der Waals surface area (Å²) in [6.45, 7) is 5.92. The Morgan fingerprint density at radius 2 is 2.19 bits per heavy atom. The van der Waals surface area contributed by atoms with E-state index in [2.05, 4.69) is 43.6 Å². The van der Waals surface area contributed by atoms with Gasteiger partial charge in [0.2, 0.25) is 0 Å². The first-order chi connectivity index (χ1) is 7.67. The minimum Gasteiger partial charge on any atom is -0.383 e. The van der Waals surface area contributed by atoms with Crippen molar-refractivity contribution in [3.05, 3.63) is 29.3 Å². The highest BCUT2D eigenvalue weighted by Crippen LogP contribution is 2.21. The molecule has 0 saturated carbocycles. The minimum atomic E-state index is 0.390. The fraction of sp³-hybridized carbons (Fsp3) is 0.538. The molecule has 0 aromatic heterocycles. The summed E-state index contributed by atoms with van der Waals surface area (Å²) >= 11 is 1.80. The predicted molar refractivity (Wildman–Crippen MR) is 71.1 cm³/mol. The van der Waals surface area contributed by atoms with Crippen molar-refractivity contribution in [3.63, 3.8) is 0 Å². The number of methoxy groups -OCH3 is 1. The van der Waals surface area contributed by atoms with Crippen LogP contribution in [0.15, 0.2) is 23.1 Å². The van der Waals surface area contributed by atoms with Gasteiger partial charge in [-0.1, -0.05) is 12.1 Å². The molecule has 0 aliphatic carbocycles. The maximum atomic E-state index is 5.10. The molecule has 0 aliphatic rings. The molecule has 1 N–H and O–H groups in total. The van der Waals surface area contributed by atoms with Crippen molar-refractivity contribution in [2.75, 3.05) is 20.0 Å². The van der Waals surface area contributed by atoms with Crippen LogP contribution in [0.2, 0.25) is 0 Å². The second-order valence-corrected chi connectivity index (χ2v) is 4.90. The summed E-state index contributed by atoms with van der Waals surface area (Å²) < 4.78 is 5.10. The van der Waals surface area contributed by atoms with E-state index in [0.29, 0.717) is 6.04 Å². The van der Waals surface area contributed by atoms with E-state index in [1.807, 2.05) is 0 Å². The lowest BCUT2D eigenvalue weighted by Crippen LogP contribution is -2.29. The van der Waals surface area contributed by atoms with Crippen LogP contribution in [0.1, 0.15) is 18.1 Å². The van der Waals surface area contributed by atoms with Crippen molar-refractivity contribution >= 4 is 11.8 Å². The second kappa shape index (κ2) is 6.94. The number of hydrogen-bond acceptors (Lipinski definition) is 3. The fourth-order valence-electron chi connectivity index (χ4n) is 1.59. The number of ether oxygens (including phenoxy) is 1. The predicted octanol–water partition coefficient (Wildman–Crippen LogP) is 2.84. The van der Waals surface area contributed by atoms with Gasteiger partial charge < -0.3 is 10.1 Å². The van der Waals surface area contributed by atoms with Crippen LogP contribution in [0.25, 0.3) is 0 Å². The average Bonchev–Trinajstić information content (AvgIpc) is 2.27. The Bertz CT molecular complexity index is 328. The lowest BCUT2D eigenvalue weighted by molar-refractivity contribution is 0.171. The van der Waals surface area contributed by atoms with Gasteiger partial charge in [-0.3, -0.25) is 0 Å². The van der Waals surface area contributed by atoms with Gasteiger partial charge in [-0.25, -0.2) is 0 Å². The molecule has 90 valence electrons. The fourth-order valence-corrected chi connectivity index (χ4v) is 2.30. The Morgan fingerprint density at radius 1 is 1.44 bits per heavy atom. The summed E-state index contributed by atoms with van der Waals surface area (Å²) in [6, 6.07) is 7.00. The molecule has 0 amide bonds. The monoisotopic (exact) mass is 239 g/mol. The third-order valence-electron chi connectivity index (χ3n) is 2.50. The normalized spacial score (nSPS) is 12.8. The third kappa shape index (κ3) is 4.16. The van der Waals surface area contributed by atoms with Gasteiger partial charge in [-0.2, -0.15) is 0 Å². The van der Waals surface area contributed by atoms with E-state index in [9.17, 15) is 0 Å². The van der Waals surface area contributed by atoms with E-state index in [0.717, 1.165) is 13.2 Å². The number of nitrogens with one attached hydrogen (secondary N) is 1. The molecule has 1 unspecified atom stereocenters. The number of thioether (sulfide) groups is 1. The van der Waals surface area contributed by atoms with Gasteiger partial charge in [-0.15, -0.1) is 11.8 Å². The molecule has 0 aliphatic heterocycles. The van der Waals surface area contributed by atoms with E-state index in [1.165, 1.54) is 16.0 Å². The van der Waals surface area contributed by atoms with E-state index < -0.39 is 0 Å². The van der Waals surface area contributed by atoms with Crippen LogP contribution in [-0.2, 0) is 11.3 Å². The van der Waals surface area contributed by atoms with Crippen LogP contribution in [0.3, 0.4) is 0 Å². The highest BCUT2D eigenvalue weighted by Gasteiger charge is 2.04. The first-order valence-corrected chi connectivity index (χ1v) is 6.75. The summed E-state index contributed by atoms with van der Waals surface area (Å²) in [4.78, 5) is 1.36. The van der Waals surface area contributed by atoms with Crippen molar-refractivity contribution in [1.29, 1.82) is 0 Å². The molecule has 1 aromatic carbocycles. The maximum Gasteiger partial charge on any atom is 0.0613 e. The molecule has 0 heterocycles. The Hall–Kier alpha value is -0.510. The molecule has 2 nitrogen and oxygen atoms in total. The lowest BCUT2D eigenvalue weighted by atomic mass is 10.1. The molecule has 1 aromatic rings. The molecule has 0 saturated heterocycles. The molecule has 1 atom stereocenters. The topological polar surface area (TPSA) is 21.3 Å². The Labute approximate surface area is 103 Å². The molecule has 0 bridgehead atoms. The van der Waals surface area contributed by atoms with E-state index in [1.54, 1.807) is 18.9 Å². The van der Waals surface area contributed by atoms with Gasteiger partial charge in [-0.05, 0) is 37.3 Å². The number of hydrogen-bond donors (Lipinski definition) is 1. The zero-order chi connectivity index (χ0) is 12.0. The van der Waals surface area contributed by atoms with Crippen molar-refractivity contribution in [3.8, 4) is 0 Å². The van der Waals surface area contributed by atoms with Crippen molar-refractivity contribution in [1.82, 2.24) is 5.32 Å². The molecule has 0 spiro atoms. The second-order valence-electron chi connectivity index (χ2n) is 4.05. The summed E-state index contributed by atoms with van der Waals surface area (Å²) in [5.41, 5.74) is 2.68. The first kappa shape index (κ1) is 13.6. The van der Waals surface area contributed by atoms with Crippen LogP contribution in [0.4, 0.5) is 0 Å². The summed E-state index contributed by atoms with van der Waals surface area (Å²) in [5.74, 6) is 0. The first-order valence-electron chi connectivity index (χ1n) is 5.53. The van der Waals surface area contributed by atoms with Crippen molar-refractivity contribution in [2.24, 2.45) is 0 Å². The average molecular weight is 239 g/mol. The smallest absolute Gasteiger partial charge is 0.0613 e. The standard InChI is InChI=1S/C13H21NOS/c1-10-5-6-12(13(7-10)16-4)8-14-11(2)9-15-3/h5-7,11,14H,8-9H2,1-4H3. The van der Waals surface area contributed by atoms with Crippen molar-refractivity contribution < 1.29 is 4.74 Å². The minimum absolute atomic E-state index is 0.390. The Kier molecular flexibility index (Phi) is 5.88. The van der Waals surface area contributed by atoms with Gasteiger partial charge in [0.25, 0.3) is 0 Å². The molecular weight excluding hydrogens is 218 g/mol. The van der Waals surface area contributed by atoms with Gasteiger partial charge in [0.15, 0.2) is 0 Å². The summed E-state index contributed by atoms with van der Waals surface area (Å²) in [5, 5.41) is 3.46. The molecule has 1 rings (SSSR count). The number of rotatable bonds is 6. The third-order valence-corrected chi connectivity index (χ3v) is 3.32. The molecule has 16 heavy (non-hydrogen) atoms. The molecule has 0 radical (unpaired) electrons. The summed E-state index contributed by atoms with van der Waals surface area (Å²) in [7, 11) is 1.73. The maximum absolute atomic E-state index is 5.10.